The average molecular weight is 681 g/mol. The zero-order valence-corrected chi connectivity index (χ0v) is 28.0. The highest BCUT2D eigenvalue weighted by atomic mass is 32.2. The van der Waals surface area contributed by atoms with E-state index >= 15 is 0 Å². The summed E-state index contributed by atoms with van der Waals surface area (Å²) in [7, 11) is -11.6. The van der Waals surface area contributed by atoms with Gasteiger partial charge in [-0.2, -0.15) is 8.61 Å². The summed E-state index contributed by atoms with van der Waals surface area (Å²) < 4.78 is 85.1. The second-order valence-electron chi connectivity index (χ2n) is 12.3. The molecule has 0 bridgehead atoms. The molecule has 2 saturated carbocycles. The van der Waals surface area contributed by atoms with Crippen LogP contribution in [0.5, 0.6) is 0 Å². The molecule has 1 heterocycles. The van der Waals surface area contributed by atoms with Crippen molar-refractivity contribution in [2.45, 2.75) is 110 Å². The Morgan fingerprint density at radius 1 is 0.667 bits per heavy atom. The van der Waals surface area contributed by atoms with Gasteiger partial charge in [0.1, 0.15) is 0 Å². The van der Waals surface area contributed by atoms with Crippen LogP contribution in [0.2, 0.25) is 0 Å². The normalized spacial score (nSPS) is 19.8. The lowest BCUT2D eigenvalue weighted by Crippen LogP contribution is -2.45. The van der Waals surface area contributed by atoms with Crippen LogP contribution in [0.25, 0.3) is 0 Å². The average Bonchev–Trinajstić information content (AvgIpc) is 3.05. The van der Waals surface area contributed by atoms with Crippen LogP contribution in [-0.2, 0) is 34.9 Å². The van der Waals surface area contributed by atoms with Crippen LogP contribution >= 0.6 is 0 Å². The summed E-state index contributed by atoms with van der Waals surface area (Å²) in [5.74, 6) is -0.549. The fourth-order valence-electron chi connectivity index (χ4n) is 6.52. The van der Waals surface area contributed by atoms with Crippen molar-refractivity contribution in [2.24, 2.45) is 0 Å². The molecule has 0 aromatic heterocycles. The second-order valence-corrected chi connectivity index (χ2v) is 17.8. The summed E-state index contributed by atoms with van der Waals surface area (Å²) in [4.78, 5) is 13.3. The highest BCUT2D eigenvalue weighted by molar-refractivity contribution is 7.90. The van der Waals surface area contributed by atoms with Crippen molar-refractivity contribution in [2.75, 3.05) is 25.0 Å². The molecule has 0 radical (unpaired) electrons. The quantitative estimate of drug-likeness (QED) is 0.357. The molecule has 1 saturated heterocycles. The minimum Gasteiger partial charge on any atom is -0.325 e. The molecular weight excluding hydrogens is 637 g/mol. The number of carbonyl (C=O) groups is 1. The van der Waals surface area contributed by atoms with Crippen LogP contribution in [0.1, 0.15) is 83.5 Å². The molecule has 3 fully saturated rings. The number of hydrogen-bond donors (Lipinski definition) is 2. The van der Waals surface area contributed by atoms with Gasteiger partial charge >= 0.3 is 0 Å². The fraction of sp³-hybridized carbons (Fsp3) is 0.581. The fourth-order valence-corrected chi connectivity index (χ4v) is 11.0. The zero-order valence-electron chi connectivity index (χ0n) is 25.6. The van der Waals surface area contributed by atoms with Crippen LogP contribution in [-0.4, -0.2) is 71.5 Å². The van der Waals surface area contributed by atoms with Crippen molar-refractivity contribution in [3.63, 3.8) is 0 Å². The molecule has 2 aromatic carbocycles. The van der Waals surface area contributed by atoms with Gasteiger partial charge in [-0.05, 0) is 87.1 Å². The molecule has 11 nitrogen and oxygen atoms in total. The standard InChI is InChI=1S/C31H44N4O7S3/c36-31(32-25-14-16-29(17-15-25)44(39,40)34-22-8-3-9-23-34)24-35(27-12-6-2-7-13-27)45(41,42)30-20-18-28(19-21-30)43(37,38)33-26-10-4-1-5-11-26/h14-21,26-27,33H,1-13,22-24H2,(H,32,36). The minimum absolute atomic E-state index is 0.000249. The maximum atomic E-state index is 13.9. The van der Waals surface area contributed by atoms with Gasteiger partial charge in [0.05, 0.1) is 21.2 Å². The molecule has 5 rings (SSSR count). The first-order chi connectivity index (χ1) is 21.5. The number of nitrogens with zero attached hydrogens (tertiary/aromatic N) is 2. The zero-order chi connectivity index (χ0) is 32.1. The van der Waals surface area contributed by atoms with Gasteiger partial charge in [-0.1, -0.05) is 44.9 Å². The van der Waals surface area contributed by atoms with E-state index < -0.39 is 42.5 Å². The molecular formula is C31H44N4O7S3. The Morgan fingerprint density at radius 3 is 1.78 bits per heavy atom. The predicted molar refractivity (Wildman–Crippen MR) is 172 cm³/mol. The van der Waals surface area contributed by atoms with Crippen molar-refractivity contribution in [3.05, 3.63) is 48.5 Å². The highest BCUT2D eigenvalue weighted by Gasteiger charge is 2.34. The number of anilines is 1. The minimum atomic E-state index is -4.14. The van der Waals surface area contributed by atoms with Gasteiger partial charge in [0.25, 0.3) is 0 Å². The van der Waals surface area contributed by atoms with Crippen molar-refractivity contribution < 1.29 is 30.0 Å². The van der Waals surface area contributed by atoms with Crippen LogP contribution < -0.4 is 10.0 Å². The first-order valence-corrected chi connectivity index (χ1v) is 20.4. The topological polar surface area (TPSA) is 150 Å². The summed E-state index contributed by atoms with van der Waals surface area (Å²) in [5.41, 5.74) is 0.360. The third kappa shape index (κ3) is 8.33. The molecule has 0 unspecified atom stereocenters. The van der Waals surface area contributed by atoms with Crippen LogP contribution in [0.3, 0.4) is 0 Å². The summed E-state index contributed by atoms with van der Waals surface area (Å²) in [6, 6.07) is 10.6. The van der Waals surface area contributed by atoms with Gasteiger partial charge in [0.15, 0.2) is 0 Å². The molecule has 45 heavy (non-hydrogen) atoms. The largest absolute Gasteiger partial charge is 0.325 e. The first kappa shape index (κ1) is 34.0. The lowest BCUT2D eigenvalue weighted by molar-refractivity contribution is -0.116. The maximum Gasteiger partial charge on any atom is 0.243 e. The van der Waals surface area contributed by atoms with E-state index in [0.29, 0.717) is 31.6 Å². The molecule has 2 N–H and O–H groups in total. The third-order valence-corrected chi connectivity index (χ3v) is 14.4. The molecule has 1 aliphatic heterocycles. The van der Waals surface area contributed by atoms with E-state index in [-0.39, 0.29) is 26.8 Å². The SMILES string of the molecule is O=C(CN(C1CCCCC1)S(=O)(=O)c1ccc(S(=O)(=O)NC2CCCCC2)cc1)Nc1ccc(S(=O)(=O)N2CCCCC2)cc1. The number of piperidine rings is 1. The maximum absolute atomic E-state index is 13.9. The number of benzene rings is 2. The Labute approximate surface area is 267 Å². The van der Waals surface area contributed by atoms with Gasteiger partial charge in [0, 0.05) is 30.9 Å². The van der Waals surface area contributed by atoms with E-state index in [0.717, 1.165) is 70.6 Å². The van der Waals surface area contributed by atoms with Gasteiger partial charge in [-0.25, -0.2) is 30.0 Å². The molecule has 0 atom stereocenters. The van der Waals surface area contributed by atoms with Crippen molar-refractivity contribution in [1.29, 1.82) is 0 Å². The predicted octanol–water partition coefficient (Wildman–Crippen LogP) is 4.43. The van der Waals surface area contributed by atoms with Crippen LogP contribution in [0.4, 0.5) is 5.69 Å². The Kier molecular flexibility index (Phi) is 11.0. The van der Waals surface area contributed by atoms with E-state index in [1.54, 1.807) is 0 Å². The number of amides is 1. The molecule has 3 aliphatic rings. The highest BCUT2D eigenvalue weighted by Crippen LogP contribution is 2.29. The van der Waals surface area contributed by atoms with E-state index in [9.17, 15) is 30.0 Å². The Balaban J connectivity index is 1.29. The van der Waals surface area contributed by atoms with E-state index in [1.165, 1.54) is 57.1 Å². The van der Waals surface area contributed by atoms with Gasteiger partial charge in [0.2, 0.25) is 36.0 Å². The van der Waals surface area contributed by atoms with Gasteiger partial charge < -0.3 is 5.32 Å². The summed E-state index contributed by atoms with van der Waals surface area (Å²) >= 11 is 0. The third-order valence-electron chi connectivity index (χ3n) is 9.04. The van der Waals surface area contributed by atoms with Crippen molar-refractivity contribution in [1.82, 2.24) is 13.3 Å². The number of rotatable bonds is 11. The second kappa shape index (κ2) is 14.6. The van der Waals surface area contributed by atoms with Crippen LogP contribution in [0, 0.1) is 0 Å². The smallest absolute Gasteiger partial charge is 0.243 e. The summed E-state index contributed by atoms with van der Waals surface area (Å²) in [5, 5.41) is 2.72. The Bertz CT molecular complexity index is 1630. The summed E-state index contributed by atoms with van der Waals surface area (Å²) in [6.07, 6.45) is 11.2. The number of nitrogens with one attached hydrogen (secondary N) is 2. The molecule has 248 valence electrons. The van der Waals surface area contributed by atoms with E-state index in [1.807, 2.05) is 0 Å². The molecule has 2 aliphatic carbocycles. The Hall–Kier alpha value is -2.36. The monoisotopic (exact) mass is 680 g/mol. The molecule has 1 amide bonds. The van der Waals surface area contributed by atoms with Crippen molar-refractivity contribution in [3.8, 4) is 0 Å². The first-order valence-electron chi connectivity index (χ1n) is 16.0. The lowest BCUT2D eigenvalue weighted by Gasteiger charge is -2.33. The van der Waals surface area contributed by atoms with E-state index in [4.69, 9.17) is 0 Å². The van der Waals surface area contributed by atoms with Gasteiger partial charge in [-0.15, -0.1) is 0 Å². The van der Waals surface area contributed by atoms with Crippen molar-refractivity contribution >= 4 is 41.7 Å². The number of hydrogen-bond acceptors (Lipinski definition) is 7. The van der Waals surface area contributed by atoms with Crippen LogP contribution in [0.15, 0.2) is 63.2 Å². The summed E-state index contributed by atoms with van der Waals surface area (Å²) in [6.45, 7) is 0.550. The number of carbonyl (C=O) groups excluding carboxylic acids is 1. The molecule has 0 spiro atoms. The van der Waals surface area contributed by atoms with E-state index in [2.05, 4.69) is 10.0 Å². The lowest BCUT2D eigenvalue weighted by atomic mass is 9.95. The molecule has 2 aromatic rings. The number of sulfonamides is 3. The molecule has 14 heteroatoms. The Morgan fingerprint density at radius 2 is 1.18 bits per heavy atom. The van der Waals surface area contributed by atoms with Gasteiger partial charge in [-0.3, -0.25) is 4.79 Å².